The maximum absolute atomic E-state index is 11.7. The number of carbonyl (C=O) groups is 1. The molecule has 0 aliphatic heterocycles. The van der Waals surface area contributed by atoms with Crippen molar-refractivity contribution in [1.29, 1.82) is 0 Å². The molecule has 20 heavy (non-hydrogen) atoms. The lowest BCUT2D eigenvalue weighted by Gasteiger charge is -2.07. The van der Waals surface area contributed by atoms with Crippen LogP contribution >= 0.6 is 0 Å². The number of aromatic nitrogens is 1. The normalized spacial score (nSPS) is 11.2. The Labute approximate surface area is 117 Å². The first-order valence-corrected chi connectivity index (χ1v) is 6.29. The number of hydrogen-bond donors (Lipinski definition) is 2. The number of hydrazone groups is 1. The standard InChI is InChI=1S/C15H17N3O2/c1-11(10-12-6-3-4-8-14(12)20-2)17-18-15(19)13-7-5-9-16-13/h3-9,16H,10H2,1-2H3,(H,18,19)/b17-11-. The average molecular weight is 271 g/mol. The highest BCUT2D eigenvalue weighted by molar-refractivity contribution is 5.94. The monoisotopic (exact) mass is 271 g/mol. The summed E-state index contributed by atoms with van der Waals surface area (Å²) in [4.78, 5) is 14.5. The van der Waals surface area contributed by atoms with Crippen LogP contribution in [0.3, 0.4) is 0 Å². The minimum absolute atomic E-state index is 0.255. The van der Waals surface area contributed by atoms with Gasteiger partial charge in [-0.15, -0.1) is 0 Å². The zero-order valence-corrected chi connectivity index (χ0v) is 11.5. The van der Waals surface area contributed by atoms with E-state index in [0.717, 1.165) is 17.0 Å². The Morgan fingerprint density at radius 3 is 2.80 bits per heavy atom. The van der Waals surface area contributed by atoms with Gasteiger partial charge in [0.1, 0.15) is 11.4 Å². The predicted molar refractivity (Wildman–Crippen MR) is 78.1 cm³/mol. The van der Waals surface area contributed by atoms with Crippen LogP contribution in [0.25, 0.3) is 0 Å². The number of nitrogens with zero attached hydrogens (tertiary/aromatic N) is 1. The molecule has 0 spiro atoms. The largest absolute Gasteiger partial charge is 0.496 e. The lowest BCUT2D eigenvalue weighted by molar-refractivity contribution is 0.0950. The first-order chi connectivity index (χ1) is 9.70. The van der Waals surface area contributed by atoms with Crippen LogP contribution in [-0.4, -0.2) is 23.7 Å². The van der Waals surface area contributed by atoms with Crippen LogP contribution in [0.4, 0.5) is 0 Å². The Bertz CT molecular complexity index is 603. The van der Waals surface area contributed by atoms with Gasteiger partial charge in [-0.1, -0.05) is 18.2 Å². The van der Waals surface area contributed by atoms with E-state index in [9.17, 15) is 4.79 Å². The van der Waals surface area contributed by atoms with Crippen LogP contribution < -0.4 is 10.2 Å². The molecule has 0 aliphatic rings. The summed E-state index contributed by atoms with van der Waals surface area (Å²) in [5, 5.41) is 4.09. The summed E-state index contributed by atoms with van der Waals surface area (Å²) in [5.74, 6) is 0.562. The van der Waals surface area contributed by atoms with Crippen LogP contribution in [-0.2, 0) is 6.42 Å². The van der Waals surface area contributed by atoms with Crippen molar-refractivity contribution < 1.29 is 9.53 Å². The van der Waals surface area contributed by atoms with Gasteiger partial charge in [-0.05, 0) is 30.7 Å². The van der Waals surface area contributed by atoms with Crippen LogP contribution in [0.2, 0.25) is 0 Å². The van der Waals surface area contributed by atoms with Gasteiger partial charge >= 0.3 is 0 Å². The second-order valence-corrected chi connectivity index (χ2v) is 4.36. The van der Waals surface area contributed by atoms with Gasteiger partial charge in [0.05, 0.1) is 7.11 Å². The number of rotatable bonds is 5. The summed E-state index contributed by atoms with van der Waals surface area (Å²) in [6.45, 7) is 1.86. The number of nitrogens with one attached hydrogen (secondary N) is 2. The molecule has 104 valence electrons. The van der Waals surface area contributed by atoms with Crippen molar-refractivity contribution >= 4 is 11.6 Å². The van der Waals surface area contributed by atoms with E-state index in [2.05, 4.69) is 15.5 Å². The number of ether oxygens (including phenoxy) is 1. The van der Waals surface area contributed by atoms with Gasteiger partial charge in [-0.2, -0.15) is 5.10 Å². The van der Waals surface area contributed by atoms with Crippen LogP contribution in [0, 0.1) is 0 Å². The van der Waals surface area contributed by atoms with Crippen molar-refractivity contribution in [3.05, 3.63) is 53.9 Å². The molecule has 2 aromatic rings. The molecule has 0 saturated heterocycles. The molecule has 1 heterocycles. The third-order valence-corrected chi connectivity index (χ3v) is 2.83. The van der Waals surface area contributed by atoms with Gasteiger partial charge < -0.3 is 9.72 Å². The molecular formula is C15H17N3O2. The highest BCUT2D eigenvalue weighted by atomic mass is 16.5. The number of para-hydroxylation sites is 1. The van der Waals surface area contributed by atoms with E-state index in [-0.39, 0.29) is 5.91 Å². The van der Waals surface area contributed by atoms with Crippen molar-refractivity contribution in [3.8, 4) is 5.75 Å². The average Bonchev–Trinajstić information content (AvgIpc) is 2.99. The van der Waals surface area contributed by atoms with E-state index in [0.29, 0.717) is 12.1 Å². The lowest BCUT2D eigenvalue weighted by atomic mass is 10.1. The van der Waals surface area contributed by atoms with Crippen molar-refractivity contribution in [1.82, 2.24) is 10.4 Å². The molecule has 5 nitrogen and oxygen atoms in total. The van der Waals surface area contributed by atoms with Gasteiger partial charge in [0.25, 0.3) is 5.91 Å². The smallest absolute Gasteiger partial charge is 0.287 e. The molecule has 0 bridgehead atoms. The van der Waals surface area contributed by atoms with Crippen molar-refractivity contribution in [3.63, 3.8) is 0 Å². The highest BCUT2D eigenvalue weighted by Gasteiger charge is 2.06. The van der Waals surface area contributed by atoms with Gasteiger partial charge in [0, 0.05) is 18.3 Å². The van der Waals surface area contributed by atoms with E-state index < -0.39 is 0 Å². The SMILES string of the molecule is COc1ccccc1C/C(C)=N\NC(=O)c1ccc[nH]1. The first kappa shape index (κ1) is 13.9. The van der Waals surface area contributed by atoms with Crippen LogP contribution in [0.5, 0.6) is 5.75 Å². The third kappa shape index (κ3) is 3.47. The number of H-pyrrole nitrogens is 1. The quantitative estimate of drug-likeness (QED) is 0.647. The second kappa shape index (κ2) is 6.56. The molecule has 5 heteroatoms. The molecule has 1 aromatic carbocycles. The Kier molecular flexibility index (Phi) is 4.55. The molecule has 0 unspecified atom stereocenters. The summed E-state index contributed by atoms with van der Waals surface area (Å²) in [6.07, 6.45) is 2.31. The van der Waals surface area contributed by atoms with Crippen molar-refractivity contribution in [2.45, 2.75) is 13.3 Å². The molecule has 0 saturated carbocycles. The predicted octanol–water partition coefficient (Wildman–Crippen LogP) is 2.37. The molecule has 2 rings (SSSR count). The van der Waals surface area contributed by atoms with Crippen molar-refractivity contribution in [2.75, 3.05) is 7.11 Å². The minimum atomic E-state index is -0.255. The third-order valence-electron chi connectivity index (χ3n) is 2.83. The number of carbonyl (C=O) groups excluding carboxylic acids is 1. The fraction of sp³-hybridized carbons (Fsp3) is 0.200. The number of amides is 1. The van der Waals surface area contributed by atoms with E-state index in [1.54, 1.807) is 25.4 Å². The van der Waals surface area contributed by atoms with Gasteiger partial charge in [0.2, 0.25) is 0 Å². The highest BCUT2D eigenvalue weighted by Crippen LogP contribution is 2.17. The van der Waals surface area contributed by atoms with Gasteiger partial charge in [-0.25, -0.2) is 5.43 Å². The zero-order valence-electron chi connectivity index (χ0n) is 11.5. The number of hydrogen-bond acceptors (Lipinski definition) is 3. The number of aromatic amines is 1. The Morgan fingerprint density at radius 1 is 1.30 bits per heavy atom. The zero-order chi connectivity index (χ0) is 14.4. The van der Waals surface area contributed by atoms with Gasteiger partial charge in [0.15, 0.2) is 0 Å². The summed E-state index contributed by atoms with van der Waals surface area (Å²) in [5.41, 5.74) is 4.84. The summed E-state index contributed by atoms with van der Waals surface area (Å²) < 4.78 is 5.28. The maximum Gasteiger partial charge on any atom is 0.287 e. The number of benzene rings is 1. The summed E-state index contributed by atoms with van der Waals surface area (Å²) in [7, 11) is 1.64. The topological polar surface area (TPSA) is 66.5 Å². The Hall–Kier alpha value is -2.56. The Morgan fingerprint density at radius 2 is 2.10 bits per heavy atom. The Balaban J connectivity index is 1.99. The van der Waals surface area contributed by atoms with Crippen LogP contribution in [0.15, 0.2) is 47.7 Å². The molecule has 0 radical (unpaired) electrons. The van der Waals surface area contributed by atoms with E-state index in [4.69, 9.17) is 4.74 Å². The van der Waals surface area contributed by atoms with E-state index in [1.807, 2.05) is 31.2 Å². The van der Waals surface area contributed by atoms with E-state index >= 15 is 0 Å². The lowest BCUT2D eigenvalue weighted by Crippen LogP contribution is -2.19. The molecular weight excluding hydrogens is 254 g/mol. The van der Waals surface area contributed by atoms with Gasteiger partial charge in [-0.3, -0.25) is 4.79 Å². The first-order valence-electron chi connectivity index (χ1n) is 6.29. The molecule has 1 amide bonds. The molecule has 0 aliphatic carbocycles. The van der Waals surface area contributed by atoms with Crippen molar-refractivity contribution in [2.24, 2.45) is 5.10 Å². The summed E-state index contributed by atoms with van der Waals surface area (Å²) in [6, 6.07) is 11.2. The van der Waals surface area contributed by atoms with Crippen LogP contribution in [0.1, 0.15) is 23.0 Å². The minimum Gasteiger partial charge on any atom is -0.496 e. The number of methoxy groups -OCH3 is 1. The molecule has 1 aromatic heterocycles. The fourth-order valence-electron chi connectivity index (χ4n) is 1.84. The summed E-state index contributed by atoms with van der Waals surface area (Å²) >= 11 is 0. The second-order valence-electron chi connectivity index (χ2n) is 4.36. The maximum atomic E-state index is 11.7. The molecule has 0 atom stereocenters. The molecule has 0 fully saturated rings. The molecule has 2 N–H and O–H groups in total. The van der Waals surface area contributed by atoms with E-state index in [1.165, 1.54) is 0 Å². The fourth-order valence-corrected chi connectivity index (χ4v) is 1.84.